The van der Waals surface area contributed by atoms with Gasteiger partial charge in [-0.2, -0.15) is 0 Å². The van der Waals surface area contributed by atoms with Crippen molar-refractivity contribution in [3.05, 3.63) is 53.6 Å². The van der Waals surface area contributed by atoms with Gasteiger partial charge in [-0.15, -0.1) is 0 Å². The summed E-state index contributed by atoms with van der Waals surface area (Å²) in [5, 5.41) is 1.23. The van der Waals surface area contributed by atoms with Crippen LogP contribution in [0.25, 0.3) is 22.2 Å². The summed E-state index contributed by atoms with van der Waals surface area (Å²) in [5.41, 5.74) is 5.89. The van der Waals surface area contributed by atoms with Gasteiger partial charge in [0.15, 0.2) is 6.79 Å². The molecule has 0 fully saturated rings. The molecule has 0 aliphatic heterocycles. The molecule has 0 saturated heterocycles. The Morgan fingerprint density at radius 1 is 1.04 bits per heavy atom. The van der Waals surface area contributed by atoms with Crippen LogP contribution >= 0.6 is 0 Å². The molecule has 0 radical (unpaired) electrons. The number of aromatic nitrogens is 1. The number of fused-ring (bicyclic) bond motifs is 1. The zero-order valence-electron chi connectivity index (χ0n) is 16.0. The van der Waals surface area contributed by atoms with E-state index in [-0.39, 0.29) is 12.2 Å². The maximum atomic E-state index is 6.07. The molecule has 0 aliphatic carbocycles. The van der Waals surface area contributed by atoms with Crippen LogP contribution in [0.4, 0.5) is 0 Å². The quantitative estimate of drug-likeness (QED) is 0.592. The molecule has 0 unspecified atom stereocenters. The largest absolute Gasteiger partial charge is 0.467 e. The minimum Gasteiger partial charge on any atom is -0.467 e. The molecule has 0 aliphatic rings. The van der Waals surface area contributed by atoms with Gasteiger partial charge in [-0.1, -0.05) is 45.0 Å². The van der Waals surface area contributed by atoms with Crippen molar-refractivity contribution < 1.29 is 9.47 Å². The van der Waals surface area contributed by atoms with E-state index in [1.54, 1.807) is 7.11 Å². The lowest BCUT2D eigenvalue weighted by molar-refractivity contribution is 0.0502. The van der Waals surface area contributed by atoms with Crippen molar-refractivity contribution in [2.24, 2.45) is 7.05 Å². The standard InChI is InChI=1S/C22H27NO2/c1-15-11-17(20-13-16-9-7-8-10-19(16)23(20)5)21(25-14-24-6)18(12-15)22(2,3)4/h7-13H,14H2,1-6H3. The molecule has 0 saturated carbocycles. The number of hydrogen-bond donors (Lipinski definition) is 0. The van der Waals surface area contributed by atoms with E-state index in [4.69, 9.17) is 9.47 Å². The van der Waals surface area contributed by atoms with Gasteiger partial charge in [0.2, 0.25) is 0 Å². The smallest absolute Gasteiger partial charge is 0.188 e. The first-order valence-electron chi connectivity index (χ1n) is 8.64. The van der Waals surface area contributed by atoms with Crippen LogP contribution < -0.4 is 4.74 Å². The van der Waals surface area contributed by atoms with Gasteiger partial charge >= 0.3 is 0 Å². The first kappa shape index (κ1) is 17.6. The Morgan fingerprint density at radius 2 is 1.76 bits per heavy atom. The van der Waals surface area contributed by atoms with Crippen molar-refractivity contribution >= 4 is 10.9 Å². The Kier molecular flexibility index (Phi) is 4.61. The van der Waals surface area contributed by atoms with Gasteiger partial charge < -0.3 is 14.0 Å². The normalized spacial score (nSPS) is 11.9. The van der Waals surface area contributed by atoms with E-state index in [0.717, 1.165) is 17.0 Å². The van der Waals surface area contributed by atoms with Crippen LogP contribution in [0.1, 0.15) is 31.9 Å². The van der Waals surface area contributed by atoms with Crippen LogP contribution in [-0.2, 0) is 17.2 Å². The number of methoxy groups -OCH3 is 1. The van der Waals surface area contributed by atoms with Crippen molar-refractivity contribution in [2.75, 3.05) is 13.9 Å². The molecule has 0 spiro atoms. The molecule has 2 aromatic carbocycles. The highest BCUT2D eigenvalue weighted by Gasteiger charge is 2.24. The van der Waals surface area contributed by atoms with E-state index in [1.165, 1.54) is 22.0 Å². The van der Waals surface area contributed by atoms with Crippen LogP contribution in [0.15, 0.2) is 42.5 Å². The summed E-state index contributed by atoms with van der Waals surface area (Å²) in [6, 6.07) is 15.1. The Bertz CT molecular complexity index is 900. The molecule has 3 rings (SSSR count). The molecular formula is C22H27NO2. The third-order valence-corrected chi connectivity index (χ3v) is 4.59. The Morgan fingerprint density at radius 3 is 2.40 bits per heavy atom. The number of aryl methyl sites for hydroxylation is 2. The molecule has 0 amide bonds. The summed E-state index contributed by atoms with van der Waals surface area (Å²) in [6.45, 7) is 9.02. The summed E-state index contributed by atoms with van der Waals surface area (Å²) in [4.78, 5) is 0. The summed E-state index contributed by atoms with van der Waals surface area (Å²) in [5.74, 6) is 0.908. The van der Waals surface area contributed by atoms with Gasteiger partial charge in [-0.05, 0) is 36.1 Å². The molecule has 132 valence electrons. The van der Waals surface area contributed by atoms with Crippen LogP contribution in [0.3, 0.4) is 0 Å². The van der Waals surface area contributed by atoms with Gasteiger partial charge in [0.1, 0.15) is 5.75 Å². The summed E-state index contributed by atoms with van der Waals surface area (Å²) < 4.78 is 13.5. The molecule has 3 nitrogen and oxygen atoms in total. The number of rotatable bonds is 4. The van der Waals surface area contributed by atoms with E-state index < -0.39 is 0 Å². The first-order chi connectivity index (χ1) is 11.8. The number of ether oxygens (including phenoxy) is 2. The molecule has 1 aromatic heterocycles. The summed E-state index contributed by atoms with van der Waals surface area (Å²) >= 11 is 0. The lowest BCUT2D eigenvalue weighted by Gasteiger charge is -2.26. The van der Waals surface area contributed by atoms with E-state index in [1.807, 2.05) is 0 Å². The van der Waals surface area contributed by atoms with Crippen LogP contribution in [0.5, 0.6) is 5.75 Å². The molecule has 3 heteroatoms. The lowest BCUT2D eigenvalue weighted by Crippen LogP contribution is -2.15. The molecule has 1 heterocycles. The fraction of sp³-hybridized carbons (Fsp3) is 0.364. The van der Waals surface area contributed by atoms with Crippen LogP contribution in [0, 0.1) is 6.92 Å². The minimum atomic E-state index is -0.0194. The summed E-state index contributed by atoms with van der Waals surface area (Å²) in [6.07, 6.45) is 0. The SMILES string of the molecule is COCOc1c(-c2cc3ccccc3n2C)cc(C)cc1C(C)(C)C. The maximum absolute atomic E-state index is 6.07. The van der Waals surface area contributed by atoms with Crippen LogP contribution in [0.2, 0.25) is 0 Å². The molecule has 25 heavy (non-hydrogen) atoms. The highest BCUT2D eigenvalue weighted by molar-refractivity contribution is 5.88. The second-order valence-corrected chi connectivity index (χ2v) is 7.64. The number of benzene rings is 2. The average Bonchev–Trinajstić information content (AvgIpc) is 2.89. The van der Waals surface area contributed by atoms with Crippen LogP contribution in [-0.4, -0.2) is 18.5 Å². The monoisotopic (exact) mass is 337 g/mol. The van der Waals surface area contributed by atoms with Gasteiger partial charge in [-0.25, -0.2) is 0 Å². The van der Waals surface area contributed by atoms with Crippen molar-refractivity contribution in [2.45, 2.75) is 33.1 Å². The fourth-order valence-corrected chi connectivity index (χ4v) is 3.34. The zero-order valence-corrected chi connectivity index (χ0v) is 16.0. The Balaban J connectivity index is 2.29. The highest BCUT2D eigenvalue weighted by Crippen LogP contribution is 2.41. The zero-order chi connectivity index (χ0) is 18.2. The van der Waals surface area contributed by atoms with E-state index in [0.29, 0.717) is 0 Å². The van der Waals surface area contributed by atoms with E-state index in [9.17, 15) is 0 Å². The minimum absolute atomic E-state index is 0.0194. The topological polar surface area (TPSA) is 23.4 Å². The molecule has 0 bridgehead atoms. The Hall–Kier alpha value is -2.26. The van der Waals surface area contributed by atoms with Gasteiger partial charge in [0, 0.05) is 36.2 Å². The van der Waals surface area contributed by atoms with Gasteiger partial charge in [0.25, 0.3) is 0 Å². The predicted molar refractivity (Wildman–Crippen MR) is 104 cm³/mol. The molecular weight excluding hydrogens is 310 g/mol. The second-order valence-electron chi connectivity index (χ2n) is 7.64. The van der Waals surface area contributed by atoms with Crippen molar-refractivity contribution in [3.8, 4) is 17.0 Å². The van der Waals surface area contributed by atoms with Crippen molar-refractivity contribution in [1.82, 2.24) is 4.57 Å². The molecule has 0 N–H and O–H groups in total. The fourth-order valence-electron chi connectivity index (χ4n) is 3.34. The number of nitrogens with zero attached hydrogens (tertiary/aromatic N) is 1. The maximum Gasteiger partial charge on any atom is 0.188 e. The summed E-state index contributed by atoms with van der Waals surface area (Å²) in [7, 11) is 3.76. The molecule has 3 aromatic rings. The van der Waals surface area contributed by atoms with Crippen molar-refractivity contribution in [1.29, 1.82) is 0 Å². The molecule has 0 atom stereocenters. The van der Waals surface area contributed by atoms with Crippen molar-refractivity contribution in [3.63, 3.8) is 0 Å². The highest BCUT2D eigenvalue weighted by atomic mass is 16.7. The third-order valence-electron chi connectivity index (χ3n) is 4.59. The number of hydrogen-bond acceptors (Lipinski definition) is 2. The second kappa shape index (κ2) is 6.57. The predicted octanol–water partition coefficient (Wildman–Crippen LogP) is 5.43. The Labute approximate surface area is 150 Å². The van der Waals surface area contributed by atoms with E-state index in [2.05, 4.69) is 81.8 Å². The number of para-hydroxylation sites is 1. The lowest BCUT2D eigenvalue weighted by atomic mass is 9.83. The third kappa shape index (κ3) is 3.29. The van der Waals surface area contributed by atoms with Gasteiger partial charge in [0.05, 0.1) is 5.69 Å². The van der Waals surface area contributed by atoms with E-state index >= 15 is 0 Å². The van der Waals surface area contributed by atoms with Gasteiger partial charge in [-0.3, -0.25) is 0 Å². The average molecular weight is 337 g/mol. The first-order valence-corrected chi connectivity index (χ1v) is 8.64.